The highest BCUT2D eigenvalue weighted by Gasteiger charge is 2.35. The number of ether oxygens (including phenoxy) is 9. The number of aliphatic hydroxyl groups excluding tert-OH is 1. The number of carbonyl (C=O) groups excluding carboxylic acids is 2. The topological polar surface area (TPSA) is 174 Å². The number of amides is 1. The van der Waals surface area contributed by atoms with Crippen LogP contribution in [0.15, 0.2) is 53.3 Å². The van der Waals surface area contributed by atoms with Gasteiger partial charge in [-0.15, -0.1) is 0 Å². The number of hydrogen-bond donors (Lipinski definition) is 2. The van der Waals surface area contributed by atoms with Crippen molar-refractivity contribution in [1.29, 1.82) is 0 Å². The van der Waals surface area contributed by atoms with Gasteiger partial charge in [0.25, 0.3) is 5.56 Å². The maximum Gasteiger partial charge on any atom is 0.508 e. The van der Waals surface area contributed by atoms with Gasteiger partial charge in [0, 0.05) is 22.3 Å². The predicted molar refractivity (Wildman–Crippen MR) is 182 cm³/mol. The number of hydrogen-bond acceptors (Lipinski definition) is 13. The summed E-state index contributed by atoms with van der Waals surface area (Å²) >= 11 is 0. The van der Waals surface area contributed by atoms with E-state index in [1.165, 1.54) is 47.4 Å². The standard InChI is InChI=1S/C35H43F3N2O13/c36-35(37,38)30-4-2-1-3-28(30)31-21-25-5-6-26(22-29(25)32(42)39-31)40-23-27(53-33(40)43)24-52-34(44)51-20-19-50-18-17-49-16-15-48-14-13-47-12-11-46-10-9-45-8-7-41/h1-6,21-22,27,41H,7-20,23-24H2,(H,39,42)/t27-/m0/s1. The molecule has 2 aromatic carbocycles. The van der Waals surface area contributed by atoms with Crippen molar-refractivity contribution in [3.05, 3.63) is 64.4 Å². The number of nitrogens with one attached hydrogen (secondary N) is 1. The number of cyclic esters (lactones) is 1. The molecule has 1 atom stereocenters. The molecule has 1 fully saturated rings. The number of fused-ring (bicyclic) bond motifs is 1. The molecule has 0 radical (unpaired) electrons. The van der Waals surface area contributed by atoms with E-state index in [1.807, 2.05) is 0 Å². The van der Waals surface area contributed by atoms with E-state index in [9.17, 15) is 27.6 Å². The van der Waals surface area contributed by atoms with Crippen molar-refractivity contribution in [1.82, 2.24) is 4.98 Å². The summed E-state index contributed by atoms with van der Waals surface area (Å²) < 4.78 is 87.9. The highest BCUT2D eigenvalue weighted by molar-refractivity contribution is 5.94. The molecule has 4 rings (SSSR count). The Labute approximate surface area is 302 Å². The molecule has 0 aliphatic carbocycles. The fraction of sp³-hybridized carbons (Fsp3) is 0.514. The summed E-state index contributed by atoms with van der Waals surface area (Å²) in [5.41, 5.74) is -1.37. The lowest BCUT2D eigenvalue weighted by Gasteiger charge is -2.15. The van der Waals surface area contributed by atoms with Crippen LogP contribution in [0, 0.1) is 0 Å². The number of aliphatic hydroxyl groups is 1. The van der Waals surface area contributed by atoms with E-state index in [-0.39, 0.29) is 56.2 Å². The zero-order valence-corrected chi connectivity index (χ0v) is 28.9. The van der Waals surface area contributed by atoms with Crippen LogP contribution in [0.5, 0.6) is 0 Å². The highest BCUT2D eigenvalue weighted by Crippen LogP contribution is 2.36. The van der Waals surface area contributed by atoms with E-state index in [1.54, 1.807) is 0 Å². The highest BCUT2D eigenvalue weighted by atomic mass is 19.4. The number of nitrogens with zero attached hydrogens (tertiary/aromatic N) is 1. The number of alkyl halides is 3. The Bertz CT molecular complexity index is 1640. The average molecular weight is 757 g/mol. The van der Waals surface area contributed by atoms with Gasteiger partial charge in [0.05, 0.1) is 98.0 Å². The molecule has 0 saturated carbocycles. The number of pyridine rings is 1. The monoisotopic (exact) mass is 756 g/mol. The predicted octanol–water partition coefficient (Wildman–Crippen LogP) is 3.78. The fourth-order valence-electron chi connectivity index (χ4n) is 5.00. The summed E-state index contributed by atoms with van der Waals surface area (Å²) in [6, 6.07) is 10.9. The zero-order valence-electron chi connectivity index (χ0n) is 28.9. The van der Waals surface area contributed by atoms with E-state index < -0.39 is 35.7 Å². The Morgan fingerprint density at radius 1 is 0.774 bits per heavy atom. The molecule has 3 aromatic rings. The van der Waals surface area contributed by atoms with Gasteiger partial charge in [-0.1, -0.05) is 24.3 Å². The van der Waals surface area contributed by atoms with E-state index in [2.05, 4.69) is 4.98 Å². The van der Waals surface area contributed by atoms with Gasteiger partial charge in [-0.2, -0.15) is 13.2 Å². The first-order valence-electron chi connectivity index (χ1n) is 16.9. The normalized spacial score (nSPS) is 14.5. The third-order valence-corrected chi connectivity index (χ3v) is 7.47. The first-order chi connectivity index (χ1) is 25.7. The summed E-state index contributed by atoms with van der Waals surface area (Å²) in [5.74, 6) is 0. The van der Waals surface area contributed by atoms with Crippen LogP contribution in [-0.2, 0) is 48.8 Å². The summed E-state index contributed by atoms with van der Waals surface area (Å²) in [6.07, 6.45) is -7.14. The molecule has 0 unspecified atom stereocenters. The van der Waals surface area contributed by atoms with Gasteiger partial charge in [-0.05, 0) is 29.7 Å². The third kappa shape index (κ3) is 13.9. The Kier molecular flexibility index (Phi) is 17.2. The Morgan fingerprint density at radius 3 is 1.92 bits per heavy atom. The van der Waals surface area contributed by atoms with Crippen molar-refractivity contribution in [3.63, 3.8) is 0 Å². The molecule has 0 bridgehead atoms. The van der Waals surface area contributed by atoms with Crippen molar-refractivity contribution in [3.8, 4) is 11.3 Å². The minimum Gasteiger partial charge on any atom is -0.440 e. The second-order valence-corrected chi connectivity index (χ2v) is 11.3. The molecule has 0 spiro atoms. The number of H-pyrrole nitrogens is 1. The first kappa shape index (κ1) is 41.5. The van der Waals surface area contributed by atoms with Gasteiger partial charge in [0.1, 0.15) is 13.2 Å². The van der Waals surface area contributed by atoms with Crippen molar-refractivity contribution < 1.29 is 70.5 Å². The van der Waals surface area contributed by atoms with E-state index in [0.29, 0.717) is 77.1 Å². The van der Waals surface area contributed by atoms with Crippen LogP contribution in [0.3, 0.4) is 0 Å². The smallest absolute Gasteiger partial charge is 0.440 e. The molecule has 2 N–H and O–H groups in total. The second-order valence-electron chi connectivity index (χ2n) is 11.3. The van der Waals surface area contributed by atoms with Crippen molar-refractivity contribution in [2.45, 2.75) is 12.3 Å². The largest absolute Gasteiger partial charge is 0.508 e. The fourth-order valence-corrected chi connectivity index (χ4v) is 5.00. The number of rotatable bonds is 24. The van der Waals surface area contributed by atoms with Gasteiger partial charge < -0.3 is 52.7 Å². The van der Waals surface area contributed by atoms with Gasteiger partial charge >= 0.3 is 18.4 Å². The molecule has 15 nitrogen and oxygen atoms in total. The zero-order chi connectivity index (χ0) is 37.9. The lowest BCUT2D eigenvalue weighted by Crippen LogP contribution is -2.27. The minimum absolute atomic E-state index is 0.00202. The van der Waals surface area contributed by atoms with Crippen LogP contribution < -0.4 is 10.5 Å². The summed E-state index contributed by atoms with van der Waals surface area (Å²) in [5, 5.41) is 9.12. The van der Waals surface area contributed by atoms with Crippen molar-refractivity contribution >= 4 is 28.7 Å². The average Bonchev–Trinajstić information content (AvgIpc) is 3.52. The Hall–Kier alpha value is -4.30. The van der Waals surface area contributed by atoms with Gasteiger partial charge in [-0.3, -0.25) is 9.69 Å². The number of aromatic nitrogens is 1. The van der Waals surface area contributed by atoms with Crippen LogP contribution in [0.4, 0.5) is 28.4 Å². The molecule has 18 heteroatoms. The van der Waals surface area contributed by atoms with Crippen LogP contribution >= 0.6 is 0 Å². The number of carbonyl (C=O) groups is 2. The molecule has 292 valence electrons. The van der Waals surface area contributed by atoms with Crippen LogP contribution in [0.1, 0.15) is 5.56 Å². The molecular formula is C35H43F3N2O13. The molecule has 1 aliphatic heterocycles. The Morgan fingerprint density at radius 2 is 1.34 bits per heavy atom. The molecular weight excluding hydrogens is 713 g/mol. The van der Waals surface area contributed by atoms with Gasteiger partial charge in [0.15, 0.2) is 6.10 Å². The van der Waals surface area contributed by atoms with Crippen LogP contribution in [-0.4, -0.2) is 134 Å². The van der Waals surface area contributed by atoms with Crippen molar-refractivity contribution in [2.24, 2.45) is 0 Å². The van der Waals surface area contributed by atoms with Gasteiger partial charge in [0.2, 0.25) is 0 Å². The minimum atomic E-state index is -4.62. The third-order valence-electron chi connectivity index (χ3n) is 7.47. The molecule has 1 aliphatic rings. The van der Waals surface area contributed by atoms with Gasteiger partial charge in [-0.25, -0.2) is 9.59 Å². The van der Waals surface area contributed by atoms with E-state index in [0.717, 1.165) is 6.07 Å². The molecule has 2 heterocycles. The molecule has 1 amide bonds. The summed E-state index contributed by atoms with van der Waals surface area (Å²) in [4.78, 5) is 41.3. The van der Waals surface area contributed by atoms with E-state index >= 15 is 0 Å². The lowest BCUT2D eigenvalue weighted by atomic mass is 10.0. The maximum atomic E-state index is 13.5. The molecule has 1 saturated heterocycles. The number of benzene rings is 2. The van der Waals surface area contributed by atoms with E-state index in [4.69, 9.17) is 47.7 Å². The summed E-state index contributed by atoms with van der Waals surface area (Å²) in [7, 11) is 0. The lowest BCUT2D eigenvalue weighted by molar-refractivity contribution is -0.137. The molecule has 1 aromatic heterocycles. The van der Waals surface area contributed by atoms with Crippen molar-refractivity contribution in [2.75, 3.05) is 111 Å². The first-order valence-corrected chi connectivity index (χ1v) is 16.9. The summed E-state index contributed by atoms with van der Waals surface area (Å²) in [6.45, 7) is 3.98. The number of halogens is 3. The maximum absolute atomic E-state index is 13.5. The number of aromatic amines is 1. The second kappa shape index (κ2) is 22.0. The molecule has 53 heavy (non-hydrogen) atoms. The quantitative estimate of drug-likeness (QED) is 0.100. The SMILES string of the molecule is O=C(OCCOCCOCCOCCOCCOCCOCCO)OC[C@@H]1CN(c2ccc3cc(-c4ccccc4C(F)(F)F)[nH]c(=O)c3c2)C(=O)O1. The number of anilines is 1. The van der Waals surface area contributed by atoms with Crippen LogP contribution in [0.25, 0.3) is 22.0 Å². The Balaban J connectivity index is 1.05. The van der Waals surface area contributed by atoms with Crippen LogP contribution in [0.2, 0.25) is 0 Å².